The molecule has 0 bridgehead atoms. The first-order valence-corrected chi connectivity index (χ1v) is 9.52. The molecule has 0 fully saturated rings. The van der Waals surface area contributed by atoms with Gasteiger partial charge in [0.1, 0.15) is 5.57 Å². The summed E-state index contributed by atoms with van der Waals surface area (Å²) in [6.45, 7) is 0. The van der Waals surface area contributed by atoms with Gasteiger partial charge in [-0.3, -0.25) is 0 Å². The minimum atomic E-state index is -0.461. The highest BCUT2D eigenvalue weighted by Gasteiger charge is 2.15. The molecule has 0 unspecified atom stereocenters. The van der Waals surface area contributed by atoms with Crippen LogP contribution >= 0.6 is 15.9 Å². The smallest absolute Gasteiger partial charge is 0.341 e. The van der Waals surface area contributed by atoms with Crippen molar-refractivity contribution < 1.29 is 23.7 Å². The molecule has 2 rings (SSSR count). The largest absolute Gasteiger partial charge is 0.503 e. The summed E-state index contributed by atoms with van der Waals surface area (Å²) < 4.78 is 21.4. The van der Waals surface area contributed by atoms with Crippen molar-refractivity contribution in [2.45, 2.75) is 0 Å². The van der Waals surface area contributed by atoms with Crippen LogP contribution in [0.3, 0.4) is 0 Å². The normalized spacial score (nSPS) is 11.7. The number of rotatable bonds is 8. The van der Waals surface area contributed by atoms with Crippen LogP contribution in [0.15, 0.2) is 59.3 Å². The fraction of sp³-hybridized carbons (Fsp3) is 0.174. The molecule has 0 aromatic heterocycles. The van der Waals surface area contributed by atoms with E-state index in [4.69, 9.17) is 18.9 Å². The predicted molar refractivity (Wildman–Crippen MR) is 119 cm³/mol. The lowest BCUT2D eigenvalue weighted by Crippen LogP contribution is -2.05. The highest BCUT2D eigenvalue weighted by molar-refractivity contribution is 9.10. The SMILES string of the molecule is CO/C=C(/C(=O)OC)c1ccccc1/C=C/C=C/c1cc(OC)c(OC)cc1Br. The molecule has 0 saturated heterocycles. The minimum Gasteiger partial charge on any atom is -0.503 e. The Bertz CT molecular complexity index is 944. The third-order valence-corrected chi connectivity index (χ3v) is 4.74. The second-order valence-electron chi connectivity index (χ2n) is 5.79. The quantitative estimate of drug-likeness (QED) is 0.231. The van der Waals surface area contributed by atoms with Crippen molar-refractivity contribution in [2.24, 2.45) is 0 Å². The van der Waals surface area contributed by atoms with E-state index < -0.39 is 5.97 Å². The second kappa shape index (κ2) is 11.1. The van der Waals surface area contributed by atoms with E-state index in [1.807, 2.05) is 60.7 Å². The molecule has 0 aliphatic heterocycles. The van der Waals surface area contributed by atoms with E-state index in [0.717, 1.165) is 21.2 Å². The van der Waals surface area contributed by atoms with Crippen LogP contribution in [0.25, 0.3) is 17.7 Å². The molecule has 0 aliphatic rings. The van der Waals surface area contributed by atoms with Gasteiger partial charge < -0.3 is 18.9 Å². The summed E-state index contributed by atoms with van der Waals surface area (Å²) in [7, 11) is 6.03. The molecule has 0 radical (unpaired) electrons. The van der Waals surface area contributed by atoms with E-state index in [9.17, 15) is 4.79 Å². The lowest BCUT2D eigenvalue weighted by atomic mass is 10.00. The van der Waals surface area contributed by atoms with Crippen LogP contribution < -0.4 is 9.47 Å². The maximum absolute atomic E-state index is 12.1. The van der Waals surface area contributed by atoms with Crippen molar-refractivity contribution in [2.75, 3.05) is 28.4 Å². The molecule has 0 aliphatic carbocycles. The Morgan fingerprint density at radius 2 is 1.52 bits per heavy atom. The Morgan fingerprint density at radius 1 is 0.897 bits per heavy atom. The van der Waals surface area contributed by atoms with Gasteiger partial charge in [0.2, 0.25) is 0 Å². The number of esters is 1. The maximum Gasteiger partial charge on any atom is 0.341 e. The van der Waals surface area contributed by atoms with E-state index in [-0.39, 0.29) is 0 Å². The van der Waals surface area contributed by atoms with Crippen LogP contribution in [-0.2, 0) is 14.3 Å². The van der Waals surface area contributed by atoms with Gasteiger partial charge in [-0.1, -0.05) is 64.5 Å². The Kier molecular flexibility index (Phi) is 8.55. The molecule has 0 N–H and O–H groups in total. The van der Waals surface area contributed by atoms with Crippen molar-refractivity contribution in [3.8, 4) is 11.5 Å². The average Bonchev–Trinajstić information content (AvgIpc) is 2.75. The highest BCUT2D eigenvalue weighted by Crippen LogP contribution is 2.34. The molecule has 6 heteroatoms. The molecular formula is C23H23BrO5. The van der Waals surface area contributed by atoms with Crippen LogP contribution in [0.4, 0.5) is 0 Å². The summed E-state index contributed by atoms with van der Waals surface area (Å²) in [5, 5.41) is 0. The number of ether oxygens (including phenoxy) is 4. The first-order valence-electron chi connectivity index (χ1n) is 8.72. The Balaban J connectivity index is 2.30. The molecule has 0 atom stereocenters. The molecule has 0 heterocycles. The summed E-state index contributed by atoms with van der Waals surface area (Å²) >= 11 is 3.54. The zero-order valence-electron chi connectivity index (χ0n) is 16.8. The molecule has 2 aromatic rings. The number of carbonyl (C=O) groups is 1. The van der Waals surface area contributed by atoms with E-state index in [2.05, 4.69) is 15.9 Å². The third kappa shape index (κ3) is 5.74. The average molecular weight is 459 g/mol. The maximum atomic E-state index is 12.1. The lowest BCUT2D eigenvalue weighted by molar-refractivity contribution is -0.133. The molecule has 5 nitrogen and oxygen atoms in total. The zero-order chi connectivity index (χ0) is 21.2. The number of carbonyl (C=O) groups excluding carboxylic acids is 1. The van der Waals surface area contributed by atoms with Gasteiger partial charge in [0.15, 0.2) is 11.5 Å². The first kappa shape index (κ1) is 22.3. The second-order valence-corrected chi connectivity index (χ2v) is 6.65. The number of methoxy groups -OCH3 is 4. The third-order valence-electron chi connectivity index (χ3n) is 4.06. The summed E-state index contributed by atoms with van der Waals surface area (Å²) in [5.74, 6) is 0.843. The standard InChI is InChI=1S/C23H23BrO5/c1-26-15-19(23(25)29-4)18-12-8-7-10-16(18)9-5-6-11-17-13-21(27-2)22(28-3)14-20(17)24/h5-15H,1-4H3/b9-5+,11-6+,19-15+. The zero-order valence-corrected chi connectivity index (χ0v) is 18.4. The van der Waals surface area contributed by atoms with Gasteiger partial charge in [-0.05, 0) is 28.8 Å². The van der Waals surface area contributed by atoms with Crippen molar-refractivity contribution >= 4 is 39.6 Å². The van der Waals surface area contributed by atoms with E-state index in [1.54, 1.807) is 14.2 Å². The number of hydrogen-bond acceptors (Lipinski definition) is 5. The summed E-state index contributed by atoms with van der Waals surface area (Å²) in [6, 6.07) is 11.3. The lowest BCUT2D eigenvalue weighted by Gasteiger charge is -2.09. The van der Waals surface area contributed by atoms with Crippen LogP contribution in [0.5, 0.6) is 11.5 Å². The van der Waals surface area contributed by atoms with Gasteiger partial charge in [0.05, 0.1) is 34.7 Å². The first-order chi connectivity index (χ1) is 14.0. The van der Waals surface area contributed by atoms with Crippen LogP contribution in [0.1, 0.15) is 16.7 Å². The van der Waals surface area contributed by atoms with Crippen molar-refractivity contribution in [3.63, 3.8) is 0 Å². The van der Waals surface area contributed by atoms with Gasteiger partial charge in [-0.25, -0.2) is 4.79 Å². The monoisotopic (exact) mass is 458 g/mol. The van der Waals surface area contributed by atoms with Crippen LogP contribution in [0, 0.1) is 0 Å². The number of allylic oxidation sites excluding steroid dienone is 2. The Labute approximate surface area is 179 Å². The predicted octanol–water partition coefficient (Wildman–Crippen LogP) is 5.35. The summed E-state index contributed by atoms with van der Waals surface area (Å²) in [4.78, 5) is 12.1. The van der Waals surface area contributed by atoms with E-state index >= 15 is 0 Å². The molecule has 2 aromatic carbocycles. The topological polar surface area (TPSA) is 54.0 Å². The van der Waals surface area contributed by atoms with Crippen molar-refractivity contribution in [1.29, 1.82) is 0 Å². The highest BCUT2D eigenvalue weighted by atomic mass is 79.9. The van der Waals surface area contributed by atoms with Crippen LogP contribution in [-0.4, -0.2) is 34.4 Å². The van der Waals surface area contributed by atoms with E-state index in [0.29, 0.717) is 17.1 Å². The molecule has 152 valence electrons. The molecule has 29 heavy (non-hydrogen) atoms. The van der Waals surface area contributed by atoms with Crippen LogP contribution in [0.2, 0.25) is 0 Å². The summed E-state index contributed by atoms with van der Waals surface area (Å²) in [6.07, 6.45) is 9.03. The molecular weight excluding hydrogens is 436 g/mol. The van der Waals surface area contributed by atoms with Gasteiger partial charge in [0, 0.05) is 4.47 Å². The van der Waals surface area contributed by atoms with Crippen molar-refractivity contribution in [1.82, 2.24) is 0 Å². The Morgan fingerprint density at radius 3 is 2.14 bits per heavy atom. The Hall–Kier alpha value is -2.99. The minimum absolute atomic E-state index is 0.349. The molecule has 0 amide bonds. The molecule has 0 saturated carbocycles. The van der Waals surface area contributed by atoms with Gasteiger partial charge in [0.25, 0.3) is 0 Å². The van der Waals surface area contributed by atoms with Gasteiger partial charge in [-0.2, -0.15) is 0 Å². The number of hydrogen-bond donors (Lipinski definition) is 0. The fourth-order valence-corrected chi connectivity index (χ4v) is 3.11. The number of benzene rings is 2. The molecule has 0 spiro atoms. The fourth-order valence-electron chi connectivity index (χ4n) is 2.65. The van der Waals surface area contributed by atoms with Gasteiger partial charge >= 0.3 is 5.97 Å². The summed E-state index contributed by atoms with van der Waals surface area (Å²) in [5.41, 5.74) is 2.87. The van der Waals surface area contributed by atoms with Crippen molar-refractivity contribution in [3.05, 3.63) is 76.0 Å². The van der Waals surface area contributed by atoms with E-state index in [1.165, 1.54) is 20.5 Å². The number of halogens is 1. The van der Waals surface area contributed by atoms with Gasteiger partial charge in [-0.15, -0.1) is 0 Å².